The van der Waals surface area contributed by atoms with E-state index >= 15 is 0 Å². The maximum absolute atomic E-state index is 12.8. The van der Waals surface area contributed by atoms with Crippen LogP contribution in [-0.2, 0) is 13.6 Å². The number of anilines is 1. The monoisotopic (exact) mass is 457 g/mol. The van der Waals surface area contributed by atoms with Gasteiger partial charge in [-0.05, 0) is 38.5 Å². The predicted octanol–water partition coefficient (Wildman–Crippen LogP) is 3.52. The molecular formula is C26H31N7O. The molecular weight excluding hydrogens is 426 g/mol. The molecule has 8 nitrogen and oxygen atoms in total. The fourth-order valence-corrected chi connectivity index (χ4v) is 5.14. The van der Waals surface area contributed by atoms with E-state index < -0.39 is 0 Å². The highest BCUT2D eigenvalue weighted by atomic mass is 16.1. The van der Waals surface area contributed by atoms with Gasteiger partial charge in [0.25, 0.3) is 5.56 Å². The van der Waals surface area contributed by atoms with Crippen LogP contribution in [0, 0.1) is 0 Å². The Hall–Kier alpha value is -3.52. The van der Waals surface area contributed by atoms with Crippen molar-refractivity contribution in [3.63, 3.8) is 0 Å². The standard InChI is InChI=1S/C26H31N7O/c1-6-11-31-16-24-26(29-31)23(13-25(34)30(24)5)33-15-17(2)32(14-18(33)3)19(4)20-7-8-21-22(12-20)28-10-9-27-21/h6-10,12-13,16-19H,1,11,14-15H2,2-5H3/t17-,18+,19+/m1/s1. The highest BCUT2D eigenvalue weighted by Gasteiger charge is 2.34. The van der Waals surface area contributed by atoms with Crippen molar-refractivity contribution in [3.05, 3.63) is 71.4 Å². The van der Waals surface area contributed by atoms with Crippen LogP contribution in [0.5, 0.6) is 0 Å². The lowest BCUT2D eigenvalue weighted by molar-refractivity contribution is 0.119. The van der Waals surface area contributed by atoms with Crippen LogP contribution < -0.4 is 10.5 Å². The van der Waals surface area contributed by atoms with Gasteiger partial charge in [0.15, 0.2) is 0 Å². The first-order chi connectivity index (χ1) is 16.4. The molecule has 3 aromatic heterocycles. The number of rotatable bonds is 5. The second kappa shape index (κ2) is 8.68. The van der Waals surface area contributed by atoms with Crippen LogP contribution in [0.3, 0.4) is 0 Å². The number of hydrogen-bond acceptors (Lipinski definition) is 6. The van der Waals surface area contributed by atoms with Gasteiger partial charge in [0, 0.05) is 62.9 Å². The quantitative estimate of drug-likeness (QED) is 0.427. The second-order valence-electron chi connectivity index (χ2n) is 9.33. The van der Waals surface area contributed by atoms with Crippen molar-refractivity contribution in [2.24, 2.45) is 7.05 Å². The van der Waals surface area contributed by atoms with Crippen molar-refractivity contribution in [2.75, 3.05) is 18.0 Å². The largest absolute Gasteiger partial charge is 0.364 e. The molecule has 4 heterocycles. The Labute approximate surface area is 199 Å². The molecule has 1 aliphatic heterocycles. The molecule has 0 spiro atoms. The zero-order valence-corrected chi connectivity index (χ0v) is 20.2. The molecule has 0 radical (unpaired) electrons. The summed E-state index contributed by atoms with van der Waals surface area (Å²) in [6.45, 7) is 12.8. The maximum Gasteiger partial charge on any atom is 0.252 e. The fourth-order valence-electron chi connectivity index (χ4n) is 5.14. The molecule has 1 aliphatic rings. The van der Waals surface area contributed by atoms with Gasteiger partial charge in [-0.2, -0.15) is 5.10 Å². The molecule has 34 heavy (non-hydrogen) atoms. The number of pyridine rings is 1. The molecule has 1 fully saturated rings. The minimum Gasteiger partial charge on any atom is -0.364 e. The third-order valence-electron chi connectivity index (χ3n) is 7.07. The second-order valence-corrected chi connectivity index (χ2v) is 9.33. The Kier molecular flexibility index (Phi) is 5.69. The van der Waals surface area contributed by atoms with Gasteiger partial charge < -0.3 is 9.47 Å². The number of aryl methyl sites for hydroxylation is 1. The van der Waals surface area contributed by atoms with Gasteiger partial charge >= 0.3 is 0 Å². The van der Waals surface area contributed by atoms with Crippen molar-refractivity contribution in [1.82, 2.24) is 29.2 Å². The Bertz CT molecular complexity index is 1420. The molecule has 0 saturated carbocycles. The van der Waals surface area contributed by atoms with E-state index in [2.05, 4.69) is 65.3 Å². The summed E-state index contributed by atoms with van der Waals surface area (Å²) in [6.07, 6.45) is 7.20. The van der Waals surface area contributed by atoms with Gasteiger partial charge in [0.2, 0.25) is 0 Å². The molecule has 0 aliphatic carbocycles. The molecule has 0 unspecified atom stereocenters. The third kappa shape index (κ3) is 3.77. The van der Waals surface area contributed by atoms with Gasteiger partial charge in [0.1, 0.15) is 5.52 Å². The maximum atomic E-state index is 12.8. The lowest BCUT2D eigenvalue weighted by atomic mass is 10.00. The lowest BCUT2D eigenvalue weighted by Crippen LogP contribution is -2.57. The third-order valence-corrected chi connectivity index (χ3v) is 7.07. The summed E-state index contributed by atoms with van der Waals surface area (Å²) in [6, 6.07) is 8.83. The summed E-state index contributed by atoms with van der Waals surface area (Å²) in [5, 5.41) is 4.79. The zero-order chi connectivity index (χ0) is 24.0. The first-order valence-electron chi connectivity index (χ1n) is 11.8. The van der Waals surface area contributed by atoms with E-state index in [4.69, 9.17) is 5.10 Å². The molecule has 5 rings (SSSR count). The van der Waals surface area contributed by atoms with E-state index in [0.717, 1.165) is 40.8 Å². The summed E-state index contributed by atoms with van der Waals surface area (Å²) in [4.78, 5) is 26.5. The van der Waals surface area contributed by atoms with E-state index in [0.29, 0.717) is 6.54 Å². The van der Waals surface area contributed by atoms with Crippen molar-refractivity contribution in [2.45, 2.75) is 45.4 Å². The van der Waals surface area contributed by atoms with Crippen molar-refractivity contribution >= 4 is 27.8 Å². The van der Waals surface area contributed by atoms with E-state index in [1.165, 1.54) is 5.56 Å². The Morgan fingerprint density at radius 3 is 2.65 bits per heavy atom. The number of benzene rings is 1. The van der Waals surface area contributed by atoms with Crippen LogP contribution in [0.1, 0.15) is 32.4 Å². The number of piperazine rings is 1. The average Bonchev–Trinajstić information content (AvgIpc) is 3.26. The van der Waals surface area contributed by atoms with Gasteiger partial charge in [-0.1, -0.05) is 12.1 Å². The Morgan fingerprint density at radius 2 is 1.88 bits per heavy atom. The number of hydrogen-bond donors (Lipinski definition) is 0. The predicted molar refractivity (Wildman–Crippen MR) is 136 cm³/mol. The highest BCUT2D eigenvalue weighted by molar-refractivity contribution is 5.88. The van der Waals surface area contributed by atoms with E-state index in [1.54, 1.807) is 30.1 Å². The minimum absolute atomic E-state index is 0.0198. The summed E-state index contributed by atoms with van der Waals surface area (Å²) in [5.41, 5.74) is 5.66. The van der Waals surface area contributed by atoms with Gasteiger partial charge in [0.05, 0.1) is 28.8 Å². The molecule has 0 bridgehead atoms. The summed E-state index contributed by atoms with van der Waals surface area (Å²) in [5.74, 6) is 0. The van der Waals surface area contributed by atoms with Crippen molar-refractivity contribution in [3.8, 4) is 0 Å². The number of allylic oxidation sites excluding steroid dienone is 1. The summed E-state index contributed by atoms with van der Waals surface area (Å²) in [7, 11) is 1.80. The average molecular weight is 458 g/mol. The highest BCUT2D eigenvalue weighted by Crippen LogP contribution is 2.33. The number of fused-ring (bicyclic) bond motifs is 2. The molecule has 176 valence electrons. The Balaban J connectivity index is 1.45. The van der Waals surface area contributed by atoms with Gasteiger partial charge in [-0.25, -0.2) is 0 Å². The number of aromatic nitrogens is 5. The minimum atomic E-state index is -0.0198. The molecule has 0 amide bonds. The topological polar surface area (TPSA) is 72.1 Å². The lowest BCUT2D eigenvalue weighted by Gasteiger charge is -2.47. The van der Waals surface area contributed by atoms with Crippen LogP contribution in [0.2, 0.25) is 0 Å². The van der Waals surface area contributed by atoms with Gasteiger partial charge in [-0.3, -0.25) is 24.3 Å². The van der Waals surface area contributed by atoms with Crippen LogP contribution >= 0.6 is 0 Å². The molecule has 1 saturated heterocycles. The summed E-state index contributed by atoms with van der Waals surface area (Å²) >= 11 is 0. The normalized spacial score (nSPS) is 20.2. The first-order valence-corrected chi connectivity index (χ1v) is 11.8. The zero-order valence-electron chi connectivity index (χ0n) is 20.2. The van der Waals surface area contributed by atoms with E-state index in [-0.39, 0.29) is 23.7 Å². The van der Waals surface area contributed by atoms with Crippen molar-refractivity contribution < 1.29 is 0 Å². The number of nitrogens with zero attached hydrogens (tertiary/aromatic N) is 7. The molecule has 1 aromatic carbocycles. The molecule has 8 heteroatoms. The van der Waals surface area contributed by atoms with Gasteiger partial charge in [-0.15, -0.1) is 6.58 Å². The van der Waals surface area contributed by atoms with Crippen molar-refractivity contribution in [1.29, 1.82) is 0 Å². The van der Waals surface area contributed by atoms with Crippen LogP contribution in [0.15, 0.2) is 60.3 Å². The van der Waals surface area contributed by atoms with Crippen LogP contribution in [0.4, 0.5) is 5.69 Å². The summed E-state index contributed by atoms with van der Waals surface area (Å²) < 4.78 is 3.51. The van der Waals surface area contributed by atoms with E-state index in [9.17, 15) is 4.79 Å². The molecule has 3 atom stereocenters. The van der Waals surface area contributed by atoms with E-state index in [1.807, 2.05) is 17.0 Å². The fraction of sp³-hybridized carbons (Fsp3) is 0.385. The smallest absolute Gasteiger partial charge is 0.252 e. The van der Waals surface area contributed by atoms with Crippen LogP contribution in [-0.4, -0.2) is 54.4 Å². The molecule has 4 aromatic rings. The Morgan fingerprint density at radius 1 is 1.12 bits per heavy atom. The van der Waals surface area contributed by atoms with Crippen LogP contribution in [0.25, 0.3) is 22.1 Å². The first kappa shape index (κ1) is 22.3. The SMILES string of the molecule is C=CCn1cc2c(n1)c(N1C[C@@H](C)N([C@@H](C)c3ccc4nccnc4c3)C[C@@H]1C)cc(=O)n2C. The molecule has 0 N–H and O–H groups in total.